The van der Waals surface area contributed by atoms with Gasteiger partial charge in [0, 0.05) is 0 Å². The lowest BCUT2D eigenvalue weighted by molar-refractivity contribution is -0.137. The Bertz CT molecular complexity index is 766. The summed E-state index contributed by atoms with van der Waals surface area (Å²) in [5, 5.41) is 18.2. The maximum Gasteiger partial charge on any atom is 0.325 e. The lowest BCUT2D eigenvalue weighted by atomic mass is 10.3. The molecule has 23 heavy (non-hydrogen) atoms. The molecule has 1 N–H and O–H groups in total. The van der Waals surface area contributed by atoms with E-state index in [1.165, 1.54) is 22.9 Å². The number of hydrogen-bond acceptors (Lipinski definition) is 6. The van der Waals surface area contributed by atoms with Crippen LogP contribution >= 0.6 is 11.8 Å². The third-order valence-electron chi connectivity index (χ3n) is 3.01. The van der Waals surface area contributed by atoms with Crippen molar-refractivity contribution >= 4 is 23.6 Å². The van der Waals surface area contributed by atoms with Crippen molar-refractivity contribution in [1.82, 2.24) is 14.9 Å². The molecular weight excluding hydrogens is 327 g/mol. The molecule has 0 unspecified atom stereocenters. The number of carbonyl (C=O) groups is 2. The third-order valence-corrected chi connectivity index (χ3v) is 3.91. The number of carboxylic acid groups (broad SMARTS) is 1. The number of aromatic nitrogens is 3. The van der Waals surface area contributed by atoms with Crippen LogP contribution in [0.15, 0.2) is 29.4 Å². The molecule has 2 heterocycles. The Balaban J connectivity index is 1.84. The van der Waals surface area contributed by atoms with E-state index in [4.69, 9.17) is 9.84 Å². The fraction of sp³-hybridized carbons (Fsp3) is 0.231. The van der Waals surface area contributed by atoms with Gasteiger partial charge in [-0.1, -0.05) is 23.9 Å². The van der Waals surface area contributed by atoms with Crippen LogP contribution in [0.2, 0.25) is 0 Å². The maximum absolute atomic E-state index is 13.6. The van der Waals surface area contributed by atoms with Gasteiger partial charge in [-0.25, -0.2) is 14.1 Å². The highest BCUT2D eigenvalue weighted by Gasteiger charge is 2.30. The Kier molecular flexibility index (Phi) is 4.15. The number of fused-ring (bicyclic) bond motifs is 1. The summed E-state index contributed by atoms with van der Waals surface area (Å²) in [5.41, 5.74) is 0. The summed E-state index contributed by atoms with van der Waals surface area (Å²) in [6, 6.07) is 5.86. The predicted molar refractivity (Wildman–Crippen MR) is 77.2 cm³/mol. The second kappa shape index (κ2) is 6.24. The number of aliphatic carboxylic acids is 1. The Hall–Kier alpha value is -2.62. The molecule has 0 radical (unpaired) electrons. The van der Waals surface area contributed by atoms with Crippen molar-refractivity contribution in [3.63, 3.8) is 0 Å². The summed E-state index contributed by atoms with van der Waals surface area (Å²) in [6.07, 6.45) is 0. The summed E-state index contributed by atoms with van der Waals surface area (Å²) in [7, 11) is 0. The van der Waals surface area contributed by atoms with E-state index in [9.17, 15) is 14.0 Å². The van der Waals surface area contributed by atoms with Crippen LogP contribution in [0.25, 0.3) is 0 Å². The van der Waals surface area contributed by atoms with Crippen LogP contribution in [0.4, 0.5) is 4.39 Å². The molecule has 0 saturated heterocycles. The van der Waals surface area contributed by atoms with Gasteiger partial charge in [0.1, 0.15) is 13.2 Å². The molecular formula is C13H11FN4O4S. The van der Waals surface area contributed by atoms with E-state index in [1.54, 1.807) is 6.07 Å². The van der Waals surface area contributed by atoms with Crippen LogP contribution in [0.5, 0.6) is 5.75 Å². The summed E-state index contributed by atoms with van der Waals surface area (Å²) in [5.74, 6) is -1.74. The second-order valence-electron chi connectivity index (χ2n) is 4.56. The van der Waals surface area contributed by atoms with Gasteiger partial charge in [-0.2, -0.15) is 0 Å². The maximum atomic E-state index is 13.6. The van der Waals surface area contributed by atoms with Gasteiger partial charge in [0.05, 0.1) is 5.75 Å². The quantitative estimate of drug-likeness (QED) is 0.855. The number of halogens is 1. The molecule has 0 spiro atoms. The van der Waals surface area contributed by atoms with Gasteiger partial charge in [-0.15, -0.1) is 10.2 Å². The number of carboxylic acids is 1. The van der Waals surface area contributed by atoms with Crippen molar-refractivity contribution in [2.45, 2.75) is 11.8 Å². The number of carbonyl (C=O) groups excluding carboxylic acids is 1. The van der Waals surface area contributed by atoms with Crippen molar-refractivity contribution in [2.24, 2.45) is 0 Å². The third kappa shape index (κ3) is 3.11. The van der Waals surface area contributed by atoms with Crippen molar-refractivity contribution in [2.75, 3.05) is 17.3 Å². The molecule has 0 atom stereocenters. The van der Waals surface area contributed by atoms with Crippen LogP contribution in [-0.4, -0.2) is 44.2 Å². The zero-order valence-corrected chi connectivity index (χ0v) is 12.5. The number of benzene rings is 1. The van der Waals surface area contributed by atoms with Gasteiger partial charge >= 0.3 is 5.97 Å². The Morgan fingerprint density at radius 3 is 2.91 bits per heavy atom. The average molecular weight is 338 g/mol. The van der Waals surface area contributed by atoms with Crippen molar-refractivity contribution < 1.29 is 23.8 Å². The number of thioether (sulfide) groups is 1. The molecule has 1 aliphatic heterocycles. The van der Waals surface area contributed by atoms with Crippen molar-refractivity contribution in [1.29, 1.82) is 0 Å². The summed E-state index contributed by atoms with van der Waals surface area (Å²) in [6.45, 7) is -0.672. The number of para-hydroxylation sites is 1. The lowest BCUT2D eigenvalue weighted by Crippen LogP contribution is -2.48. The predicted octanol–water partition coefficient (Wildman–Crippen LogP) is 0.651. The molecule has 1 aliphatic rings. The number of hydrogen-bond donors (Lipinski definition) is 1. The Labute approximate surface area is 133 Å². The molecule has 1 amide bonds. The molecule has 0 aliphatic carbocycles. The van der Waals surface area contributed by atoms with Crippen LogP contribution < -0.4 is 9.75 Å². The van der Waals surface area contributed by atoms with Crippen LogP contribution in [0.3, 0.4) is 0 Å². The molecule has 3 rings (SSSR count). The topological polar surface area (TPSA) is 97.6 Å². The van der Waals surface area contributed by atoms with Gasteiger partial charge < -0.3 is 9.84 Å². The number of ether oxygens (including phenoxy) is 1. The van der Waals surface area contributed by atoms with Crippen molar-refractivity contribution in [3.05, 3.63) is 35.9 Å². The minimum absolute atomic E-state index is 0.0319. The molecule has 8 nitrogen and oxygen atoms in total. The van der Waals surface area contributed by atoms with Gasteiger partial charge in [0.2, 0.25) is 5.16 Å². The van der Waals surface area contributed by atoms with Crippen LogP contribution in [0.1, 0.15) is 5.82 Å². The van der Waals surface area contributed by atoms with Gasteiger partial charge in [0.15, 0.2) is 17.4 Å². The first kappa shape index (κ1) is 15.3. The minimum Gasteiger partial charge on any atom is -0.482 e. The largest absolute Gasteiger partial charge is 0.482 e. The van der Waals surface area contributed by atoms with Crippen molar-refractivity contribution in [3.8, 4) is 5.75 Å². The fourth-order valence-electron chi connectivity index (χ4n) is 2.02. The van der Waals surface area contributed by atoms with E-state index in [0.717, 1.165) is 16.8 Å². The fourth-order valence-corrected chi connectivity index (χ4v) is 2.85. The molecule has 1 aromatic carbocycles. The normalized spacial score (nSPS) is 13.8. The summed E-state index contributed by atoms with van der Waals surface area (Å²) >= 11 is 1.15. The molecule has 0 saturated carbocycles. The minimum atomic E-state index is -1.16. The standard InChI is InChI=1S/C13H11FN4O4S/c14-8-3-1-2-4-9(8)22-6-10-15-16-13-18(10)17(5-12(20)21)11(19)7-23-13/h1-4H,5-7H2,(H,20,21). The highest BCUT2D eigenvalue weighted by Crippen LogP contribution is 2.24. The first-order valence-electron chi connectivity index (χ1n) is 6.53. The van der Waals surface area contributed by atoms with Crippen LogP contribution in [-0.2, 0) is 16.2 Å². The number of nitrogens with zero attached hydrogens (tertiary/aromatic N) is 4. The molecule has 10 heteroatoms. The summed E-state index contributed by atoms with van der Waals surface area (Å²) in [4.78, 5) is 22.9. The van der Waals surface area contributed by atoms with Gasteiger partial charge in [-0.3, -0.25) is 9.59 Å². The van der Waals surface area contributed by atoms with E-state index in [1.807, 2.05) is 0 Å². The van der Waals surface area contributed by atoms with E-state index < -0.39 is 18.3 Å². The smallest absolute Gasteiger partial charge is 0.325 e. The summed E-state index contributed by atoms with van der Waals surface area (Å²) < 4.78 is 20.2. The monoisotopic (exact) mass is 338 g/mol. The highest BCUT2D eigenvalue weighted by atomic mass is 32.2. The number of amides is 1. The zero-order valence-electron chi connectivity index (χ0n) is 11.7. The SMILES string of the molecule is O=C(O)CN1C(=O)CSc2nnc(COc3ccccc3F)n21. The first-order valence-corrected chi connectivity index (χ1v) is 7.51. The lowest BCUT2D eigenvalue weighted by Gasteiger charge is -2.27. The Morgan fingerprint density at radius 2 is 2.17 bits per heavy atom. The zero-order chi connectivity index (χ0) is 16.4. The van der Waals surface area contributed by atoms with E-state index in [2.05, 4.69) is 10.2 Å². The van der Waals surface area contributed by atoms with E-state index in [-0.39, 0.29) is 29.8 Å². The van der Waals surface area contributed by atoms with Gasteiger partial charge in [-0.05, 0) is 12.1 Å². The van der Waals surface area contributed by atoms with E-state index in [0.29, 0.717) is 5.16 Å². The second-order valence-corrected chi connectivity index (χ2v) is 5.51. The van der Waals surface area contributed by atoms with E-state index >= 15 is 0 Å². The van der Waals surface area contributed by atoms with Gasteiger partial charge in [0.25, 0.3) is 5.91 Å². The Morgan fingerprint density at radius 1 is 1.39 bits per heavy atom. The van der Waals surface area contributed by atoms with Crippen LogP contribution in [0, 0.1) is 5.82 Å². The average Bonchev–Trinajstić information content (AvgIpc) is 2.92. The highest BCUT2D eigenvalue weighted by molar-refractivity contribution is 7.99. The first-order chi connectivity index (χ1) is 11.1. The number of rotatable bonds is 5. The molecule has 0 fully saturated rings. The molecule has 2 aromatic rings. The molecule has 0 bridgehead atoms. The molecule has 1 aromatic heterocycles. The molecule has 120 valence electrons.